The number of fused-ring (bicyclic) bond motifs is 3. The van der Waals surface area contributed by atoms with Crippen LogP contribution < -0.4 is 4.74 Å². The molecule has 2 aromatic carbocycles. The molecule has 0 saturated carbocycles. The Morgan fingerprint density at radius 1 is 1.08 bits per heavy atom. The predicted molar refractivity (Wildman–Crippen MR) is 104 cm³/mol. The third kappa shape index (κ3) is 3.38. The maximum absolute atomic E-state index is 10.2. The summed E-state index contributed by atoms with van der Waals surface area (Å²) in [5.74, 6) is 1.24. The summed E-state index contributed by atoms with van der Waals surface area (Å²) in [4.78, 5) is 0. The lowest BCUT2D eigenvalue weighted by Crippen LogP contribution is -2.20. The first-order chi connectivity index (χ1) is 12.7. The van der Waals surface area contributed by atoms with E-state index in [1.54, 1.807) is 0 Å². The minimum Gasteiger partial charge on any atom is -0.491 e. The molecule has 5 nitrogen and oxygen atoms in total. The van der Waals surface area contributed by atoms with Crippen molar-refractivity contribution in [2.24, 2.45) is 0 Å². The molecule has 1 N–H and O–H groups in total. The maximum Gasteiger partial charge on any atom is 0.196 e. The number of para-hydroxylation sites is 2. The maximum atomic E-state index is 10.2. The molecule has 2 aromatic heterocycles. The van der Waals surface area contributed by atoms with Crippen LogP contribution in [0, 0.1) is 6.92 Å². The molecule has 4 aromatic rings. The first kappa shape index (κ1) is 16.9. The van der Waals surface area contributed by atoms with Crippen LogP contribution in [0.5, 0.6) is 5.75 Å². The van der Waals surface area contributed by atoms with Crippen LogP contribution in [-0.4, -0.2) is 38.2 Å². The van der Waals surface area contributed by atoms with Gasteiger partial charge in [-0.05, 0) is 36.8 Å². The van der Waals surface area contributed by atoms with Gasteiger partial charge in [0, 0.05) is 11.1 Å². The first-order valence-electron chi connectivity index (χ1n) is 8.44. The highest BCUT2D eigenvalue weighted by molar-refractivity contribution is 7.99. The van der Waals surface area contributed by atoms with E-state index in [9.17, 15) is 5.11 Å². The van der Waals surface area contributed by atoms with E-state index in [2.05, 4.69) is 29.3 Å². The number of aliphatic hydroxyl groups excluding tert-OH is 1. The third-order valence-corrected chi connectivity index (χ3v) is 5.24. The van der Waals surface area contributed by atoms with Gasteiger partial charge in [0.2, 0.25) is 0 Å². The molecule has 2 heterocycles. The normalized spacial score (nSPS) is 12.5. The van der Waals surface area contributed by atoms with Crippen molar-refractivity contribution in [1.29, 1.82) is 0 Å². The molecular formula is C20H19N3O2S. The Balaban J connectivity index is 1.50. The minimum absolute atomic E-state index is 0.244. The van der Waals surface area contributed by atoms with E-state index in [0.29, 0.717) is 5.75 Å². The quantitative estimate of drug-likeness (QED) is 0.528. The fraction of sp³-hybridized carbons (Fsp3) is 0.200. The van der Waals surface area contributed by atoms with Crippen LogP contribution in [0.1, 0.15) is 5.56 Å². The fourth-order valence-corrected chi connectivity index (χ4v) is 3.75. The SMILES string of the molecule is Cc1cc2nnc(SCC(O)COc3ccccc3)n2c2ccccc12. The van der Waals surface area contributed by atoms with E-state index < -0.39 is 6.10 Å². The van der Waals surface area contributed by atoms with Crippen molar-refractivity contribution in [2.45, 2.75) is 18.2 Å². The van der Waals surface area contributed by atoms with Gasteiger partial charge in [0.05, 0.1) is 11.6 Å². The second-order valence-corrected chi connectivity index (χ2v) is 7.10. The molecule has 0 aliphatic carbocycles. The molecule has 6 heteroatoms. The molecule has 132 valence electrons. The van der Waals surface area contributed by atoms with Gasteiger partial charge in [-0.25, -0.2) is 0 Å². The standard InChI is InChI=1S/C20H19N3O2S/c1-14-11-19-21-22-20(23(19)18-10-6-5-9-17(14)18)26-13-15(24)12-25-16-7-3-2-4-8-16/h2-11,15,24H,12-13H2,1H3. The van der Waals surface area contributed by atoms with Gasteiger partial charge < -0.3 is 9.84 Å². The largest absolute Gasteiger partial charge is 0.491 e. The van der Waals surface area contributed by atoms with Crippen molar-refractivity contribution >= 4 is 28.3 Å². The summed E-state index contributed by atoms with van der Waals surface area (Å²) in [5, 5.41) is 20.8. The van der Waals surface area contributed by atoms with Gasteiger partial charge in [-0.2, -0.15) is 0 Å². The number of nitrogens with zero attached hydrogens (tertiary/aromatic N) is 3. The van der Waals surface area contributed by atoms with E-state index in [4.69, 9.17) is 4.74 Å². The van der Waals surface area contributed by atoms with E-state index in [0.717, 1.165) is 22.1 Å². The lowest BCUT2D eigenvalue weighted by Gasteiger charge is -2.12. The number of ether oxygens (including phenoxy) is 1. The molecule has 0 radical (unpaired) electrons. The number of rotatable bonds is 6. The minimum atomic E-state index is -0.593. The first-order valence-corrected chi connectivity index (χ1v) is 9.43. The summed E-state index contributed by atoms with van der Waals surface area (Å²) in [6.07, 6.45) is -0.593. The van der Waals surface area contributed by atoms with Gasteiger partial charge in [-0.15, -0.1) is 10.2 Å². The average molecular weight is 365 g/mol. The Kier molecular flexibility index (Phi) is 4.77. The highest BCUT2D eigenvalue weighted by Gasteiger charge is 2.13. The summed E-state index contributed by atoms with van der Waals surface area (Å²) in [6.45, 7) is 2.32. The lowest BCUT2D eigenvalue weighted by molar-refractivity contribution is 0.126. The van der Waals surface area contributed by atoms with Gasteiger partial charge in [-0.3, -0.25) is 4.40 Å². The van der Waals surface area contributed by atoms with Gasteiger partial charge in [-0.1, -0.05) is 48.2 Å². The molecule has 0 aliphatic heterocycles. The molecule has 26 heavy (non-hydrogen) atoms. The lowest BCUT2D eigenvalue weighted by atomic mass is 10.1. The van der Waals surface area contributed by atoms with Crippen LogP contribution in [0.15, 0.2) is 65.8 Å². The summed E-state index contributed by atoms with van der Waals surface area (Å²) >= 11 is 1.48. The highest BCUT2D eigenvalue weighted by atomic mass is 32.2. The fourth-order valence-electron chi connectivity index (χ4n) is 2.90. The van der Waals surface area contributed by atoms with Crippen LogP contribution in [-0.2, 0) is 0 Å². The van der Waals surface area contributed by atoms with Crippen LogP contribution >= 0.6 is 11.8 Å². The molecule has 0 fully saturated rings. The number of thioether (sulfide) groups is 1. The zero-order valence-corrected chi connectivity index (χ0v) is 15.2. The van der Waals surface area contributed by atoms with Crippen molar-refractivity contribution in [3.63, 3.8) is 0 Å². The Bertz CT molecular complexity index is 1030. The smallest absolute Gasteiger partial charge is 0.196 e. The molecule has 0 amide bonds. The monoisotopic (exact) mass is 365 g/mol. The highest BCUT2D eigenvalue weighted by Crippen LogP contribution is 2.26. The second-order valence-electron chi connectivity index (χ2n) is 6.11. The van der Waals surface area contributed by atoms with E-state index in [1.165, 1.54) is 22.7 Å². The second kappa shape index (κ2) is 7.35. The molecule has 1 atom stereocenters. The number of benzene rings is 2. The molecule has 0 spiro atoms. The van der Waals surface area contributed by atoms with E-state index in [-0.39, 0.29) is 6.61 Å². The van der Waals surface area contributed by atoms with Crippen LogP contribution in [0.2, 0.25) is 0 Å². The summed E-state index contributed by atoms with van der Waals surface area (Å²) in [6, 6.07) is 19.7. The Morgan fingerprint density at radius 3 is 2.69 bits per heavy atom. The summed E-state index contributed by atoms with van der Waals surface area (Å²) in [5.41, 5.74) is 3.07. The van der Waals surface area contributed by atoms with E-state index in [1.807, 2.05) is 52.9 Å². The Labute approximate surface area is 155 Å². The molecule has 1 unspecified atom stereocenters. The van der Waals surface area contributed by atoms with Crippen molar-refractivity contribution in [3.8, 4) is 5.75 Å². The number of aryl methyl sites for hydroxylation is 1. The average Bonchev–Trinajstić information content (AvgIpc) is 3.08. The molecule has 0 aliphatic rings. The van der Waals surface area contributed by atoms with Crippen LogP contribution in [0.25, 0.3) is 16.6 Å². The van der Waals surface area contributed by atoms with Crippen LogP contribution in [0.4, 0.5) is 0 Å². The van der Waals surface area contributed by atoms with Crippen molar-refractivity contribution in [2.75, 3.05) is 12.4 Å². The summed E-state index contributed by atoms with van der Waals surface area (Å²) in [7, 11) is 0. The van der Waals surface area contributed by atoms with Gasteiger partial charge in [0.1, 0.15) is 12.4 Å². The molecule has 0 saturated heterocycles. The number of hydrogen-bond acceptors (Lipinski definition) is 5. The third-order valence-electron chi connectivity index (χ3n) is 4.16. The van der Waals surface area contributed by atoms with Crippen molar-refractivity contribution < 1.29 is 9.84 Å². The molecule has 4 rings (SSSR count). The predicted octanol–water partition coefficient (Wildman–Crippen LogP) is 3.72. The number of hydrogen-bond donors (Lipinski definition) is 1. The zero-order valence-electron chi connectivity index (χ0n) is 14.4. The van der Waals surface area contributed by atoms with Gasteiger partial charge >= 0.3 is 0 Å². The molecular weight excluding hydrogens is 346 g/mol. The van der Waals surface area contributed by atoms with Crippen molar-refractivity contribution in [3.05, 3.63) is 66.2 Å². The van der Waals surface area contributed by atoms with E-state index >= 15 is 0 Å². The Morgan fingerprint density at radius 2 is 1.85 bits per heavy atom. The van der Waals surface area contributed by atoms with Gasteiger partial charge in [0.25, 0.3) is 0 Å². The zero-order chi connectivity index (χ0) is 17.9. The van der Waals surface area contributed by atoms with Crippen LogP contribution in [0.3, 0.4) is 0 Å². The number of aromatic nitrogens is 3. The molecule has 0 bridgehead atoms. The summed E-state index contributed by atoms with van der Waals surface area (Å²) < 4.78 is 7.64. The number of pyridine rings is 1. The van der Waals surface area contributed by atoms with Gasteiger partial charge in [0.15, 0.2) is 10.8 Å². The Hall–Kier alpha value is -2.57. The number of aliphatic hydroxyl groups is 1. The topological polar surface area (TPSA) is 59.7 Å². The van der Waals surface area contributed by atoms with Crippen molar-refractivity contribution in [1.82, 2.24) is 14.6 Å².